The van der Waals surface area contributed by atoms with Gasteiger partial charge in [-0.15, -0.1) is 0 Å². The number of benzene rings is 1. The van der Waals surface area contributed by atoms with Crippen LogP contribution in [0.4, 0.5) is 5.69 Å². The number of nitrogens with one attached hydrogen (secondary N) is 1. The molecule has 0 radical (unpaired) electrons. The first-order chi connectivity index (χ1) is 8.08. The molecule has 0 spiro atoms. The fraction of sp³-hybridized carbons (Fsp3) is 0.0909. The van der Waals surface area contributed by atoms with Crippen molar-refractivity contribution in [2.45, 2.75) is 0 Å². The lowest BCUT2D eigenvalue weighted by atomic mass is 10.3. The first-order valence-corrected chi connectivity index (χ1v) is 5.22. The number of aromatic nitrogens is 2. The lowest BCUT2D eigenvalue weighted by molar-refractivity contribution is 0.101. The van der Waals surface area contributed by atoms with Gasteiger partial charge in [0.15, 0.2) is 0 Å². The van der Waals surface area contributed by atoms with Gasteiger partial charge in [0.2, 0.25) is 0 Å². The first kappa shape index (κ1) is 11.5. The van der Waals surface area contributed by atoms with Crippen LogP contribution in [0.25, 0.3) is 0 Å². The van der Waals surface area contributed by atoms with E-state index in [0.29, 0.717) is 11.4 Å². The van der Waals surface area contributed by atoms with Gasteiger partial charge < -0.3 is 15.0 Å². The molecule has 5 nitrogen and oxygen atoms in total. The van der Waals surface area contributed by atoms with Crippen LogP contribution in [0.2, 0.25) is 5.02 Å². The average molecular weight is 252 g/mol. The van der Waals surface area contributed by atoms with E-state index in [1.807, 2.05) is 0 Å². The van der Waals surface area contributed by atoms with Crippen molar-refractivity contribution in [2.75, 3.05) is 5.32 Å². The Morgan fingerprint density at radius 1 is 1.53 bits per heavy atom. The Balaban J connectivity index is 2.22. The van der Waals surface area contributed by atoms with Gasteiger partial charge in [-0.05, 0) is 12.1 Å². The van der Waals surface area contributed by atoms with E-state index in [4.69, 9.17) is 11.6 Å². The Morgan fingerprint density at radius 3 is 2.88 bits per heavy atom. The van der Waals surface area contributed by atoms with Gasteiger partial charge in [0, 0.05) is 13.1 Å². The first-order valence-electron chi connectivity index (χ1n) is 4.84. The number of anilines is 1. The largest absolute Gasteiger partial charge is 0.508 e. The Hall–Kier alpha value is -2.01. The van der Waals surface area contributed by atoms with Crippen molar-refractivity contribution in [1.82, 2.24) is 9.55 Å². The van der Waals surface area contributed by atoms with Gasteiger partial charge in [-0.2, -0.15) is 0 Å². The Labute approximate surface area is 103 Å². The Kier molecular flexibility index (Phi) is 3.01. The van der Waals surface area contributed by atoms with Crippen LogP contribution < -0.4 is 5.32 Å². The molecule has 0 aliphatic rings. The molecule has 1 amide bonds. The topological polar surface area (TPSA) is 67.2 Å². The van der Waals surface area contributed by atoms with Crippen molar-refractivity contribution in [1.29, 1.82) is 0 Å². The molecule has 0 fully saturated rings. The number of halogens is 1. The second-order valence-electron chi connectivity index (χ2n) is 3.51. The summed E-state index contributed by atoms with van der Waals surface area (Å²) in [4.78, 5) is 15.7. The number of phenolic OH excluding ortho intramolecular Hbond substituents is 1. The summed E-state index contributed by atoms with van der Waals surface area (Å²) in [7, 11) is 1.72. The number of imidazole rings is 1. The standard InChI is InChI=1S/C11H10ClN3O2/c1-15-6-13-5-10(15)11(17)14-9-3-2-7(16)4-8(9)12/h2-6,16H,1H3,(H,14,17). The highest BCUT2D eigenvalue weighted by molar-refractivity contribution is 6.34. The third-order valence-corrected chi connectivity index (χ3v) is 2.56. The van der Waals surface area contributed by atoms with Crippen LogP contribution in [-0.2, 0) is 7.05 Å². The third kappa shape index (κ3) is 2.39. The molecule has 1 heterocycles. The second kappa shape index (κ2) is 4.47. The quantitative estimate of drug-likeness (QED) is 0.803. The van der Waals surface area contributed by atoms with Crippen molar-refractivity contribution in [2.24, 2.45) is 7.05 Å². The van der Waals surface area contributed by atoms with Gasteiger partial charge in [0.25, 0.3) is 5.91 Å². The third-order valence-electron chi connectivity index (χ3n) is 2.25. The van der Waals surface area contributed by atoms with Gasteiger partial charge in [0.1, 0.15) is 11.4 Å². The van der Waals surface area contributed by atoms with Crippen molar-refractivity contribution in [3.63, 3.8) is 0 Å². The molecule has 0 bridgehead atoms. The summed E-state index contributed by atoms with van der Waals surface area (Å²) in [5.74, 6) is -0.258. The van der Waals surface area contributed by atoms with E-state index >= 15 is 0 Å². The molecule has 0 atom stereocenters. The molecule has 0 aliphatic heterocycles. The zero-order valence-corrected chi connectivity index (χ0v) is 9.77. The van der Waals surface area contributed by atoms with E-state index in [1.54, 1.807) is 11.6 Å². The highest BCUT2D eigenvalue weighted by Crippen LogP contribution is 2.26. The SMILES string of the molecule is Cn1cncc1C(=O)Nc1ccc(O)cc1Cl. The van der Waals surface area contributed by atoms with Crippen molar-refractivity contribution >= 4 is 23.2 Å². The van der Waals surface area contributed by atoms with Crippen molar-refractivity contribution < 1.29 is 9.90 Å². The molecule has 6 heteroatoms. The summed E-state index contributed by atoms with van der Waals surface area (Å²) >= 11 is 5.88. The van der Waals surface area contributed by atoms with Crippen molar-refractivity contribution in [3.8, 4) is 5.75 Å². The number of rotatable bonds is 2. The zero-order chi connectivity index (χ0) is 12.4. The van der Waals surface area contributed by atoms with Crippen LogP contribution in [0, 0.1) is 0 Å². The number of aryl methyl sites for hydroxylation is 1. The van der Waals surface area contributed by atoms with Crippen LogP contribution in [0.3, 0.4) is 0 Å². The predicted octanol–water partition coefficient (Wildman–Crippen LogP) is 2.03. The molecule has 1 aromatic carbocycles. The van der Waals surface area contributed by atoms with Gasteiger partial charge in [-0.1, -0.05) is 11.6 Å². The molecule has 2 aromatic rings. The lowest BCUT2D eigenvalue weighted by Crippen LogP contribution is -2.15. The number of hydrogen-bond acceptors (Lipinski definition) is 3. The van der Waals surface area contributed by atoms with Crippen molar-refractivity contribution in [3.05, 3.63) is 41.4 Å². The van der Waals surface area contributed by atoms with Crippen LogP contribution in [-0.4, -0.2) is 20.6 Å². The molecule has 88 valence electrons. The Morgan fingerprint density at radius 2 is 2.29 bits per heavy atom. The normalized spacial score (nSPS) is 10.2. The molecule has 0 saturated carbocycles. The fourth-order valence-corrected chi connectivity index (χ4v) is 1.59. The van der Waals surface area contributed by atoms with E-state index < -0.39 is 0 Å². The summed E-state index contributed by atoms with van der Waals surface area (Å²) < 4.78 is 1.60. The van der Waals surface area contributed by atoms with Gasteiger partial charge in [-0.25, -0.2) is 4.98 Å². The molecule has 17 heavy (non-hydrogen) atoms. The van der Waals surface area contributed by atoms with Gasteiger partial charge >= 0.3 is 0 Å². The summed E-state index contributed by atoms with van der Waals surface area (Å²) in [5, 5.41) is 12.1. The molecule has 1 aromatic heterocycles. The van der Waals surface area contributed by atoms with Crippen LogP contribution in [0.1, 0.15) is 10.5 Å². The zero-order valence-electron chi connectivity index (χ0n) is 9.01. The number of carbonyl (C=O) groups is 1. The maximum atomic E-state index is 11.8. The molecule has 0 saturated heterocycles. The molecule has 0 aliphatic carbocycles. The van der Waals surface area contributed by atoms with Crippen LogP contribution in [0.15, 0.2) is 30.7 Å². The van der Waals surface area contributed by atoms with E-state index in [-0.39, 0.29) is 16.7 Å². The minimum Gasteiger partial charge on any atom is -0.508 e. The summed E-state index contributed by atoms with van der Waals surface area (Å²) in [5.41, 5.74) is 0.866. The summed E-state index contributed by atoms with van der Waals surface area (Å²) in [6, 6.07) is 4.34. The maximum Gasteiger partial charge on any atom is 0.273 e. The minimum absolute atomic E-state index is 0.0496. The average Bonchev–Trinajstić information content (AvgIpc) is 2.68. The smallest absolute Gasteiger partial charge is 0.273 e. The van der Waals surface area contributed by atoms with Crippen LogP contribution in [0.5, 0.6) is 5.75 Å². The molecule has 2 rings (SSSR count). The van der Waals surface area contributed by atoms with Gasteiger partial charge in [-0.3, -0.25) is 4.79 Å². The summed E-state index contributed by atoms with van der Waals surface area (Å²) in [6.45, 7) is 0. The predicted molar refractivity (Wildman–Crippen MR) is 64.3 cm³/mol. The lowest BCUT2D eigenvalue weighted by Gasteiger charge is -2.07. The molecule has 0 unspecified atom stereocenters. The van der Waals surface area contributed by atoms with Gasteiger partial charge in [0.05, 0.1) is 23.2 Å². The monoisotopic (exact) mass is 251 g/mol. The van der Waals surface area contributed by atoms with E-state index in [0.717, 1.165) is 0 Å². The minimum atomic E-state index is -0.308. The van der Waals surface area contributed by atoms with E-state index in [1.165, 1.54) is 30.7 Å². The molecule has 2 N–H and O–H groups in total. The number of phenols is 1. The maximum absolute atomic E-state index is 11.8. The highest BCUT2D eigenvalue weighted by Gasteiger charge is 2.11. The Bertz CT molecular complexity index is 566. The van der Waals surface area contributed by atoms with E-state index in [2.05, 4.69) is 10.3 Å². The fourth-order valence-electron chi connectivity index (χ4n) is 1.37. The number of carbonyl (C=O) groups excluding carboxylic acids is 1. The summed E-state index contributed by atoms with van der Waals surface area (Å²) in [6.07, 6.45) is 3.00. The molecular formula is C11H10ClN3O2. The van der Waals surface area contributed by atoms with Crippen LogP contribution >= 0.6 is 11.6 Å². The van der Waals surface area contributed by atoms with E-state index in [9.17, 15) is 9.90 Å². The molecular weight excluding hydrogens is 242 g/mol. The number of aromatic hydroxyl groups is 1. The number of hydrogen-bond donors (Lipinski definition) is 2. The number of amides is 1. The number of nitrogens with zero attached hydrogens (tertiary/aromatic N) is 2. The second-order valence-corrected chi connectivity index (χ2v) is 3.92. The highest BCUT2D eigenvalue weighted by atomic mass is 35.5.